The molecule has 1 amide bonds. The van der Waals surface area contributed by atoms with Crippen LogP contribution in [0.1, 0.15) is 47.5 Å². The van der Waals surface area contributed by atoms with Gasteiger partial charge in [0.25, 0.3) is 0 Å². The Morgan fingerprint density at radius 2 is 1.78 bits per heavy atom. The third-order valence-corrected chi connectivity index (χ3v) is 4.45. The largest absolute Gasteiger partial charge is 0.450 e. The van der Waals surface area contributed by atoms with Crippen LogP contribution in [0.4, 0.5) is 4.79 Å². The van der Waals surface area contributed by atoms with E-state index in [2.05, 4.69) is 34.8 Å². The Hall–Kier alpha value is -0.780. The van der Waals surface area contributed by atoms with Gasteiger partial charge in [-0.1, -0.05) is 13.8 Å². The summed E-state index contributed by atoms with van der Waals surface area (Å²) in [5.41, 5.74) is 0. The molecule has 0 radical (unpaired) electrons. The van der Waals surface area contributed by atoms with E-state index in [1.807, 2.05) is 13.8 Å². The molecule has 162 valence electrons. The van der Waals surface area contributed by atoms with Crippen molar-refractivity contribution in [1.29, 1.82) is 0 Å². The zero-order chi connectivity index (χ0) is 20.2. The minimum atomic E-state index is -2.99. The summed E-state index contributed by atoms with van der Waals surface area (Å²) in [4.78, 5) is 16.2. The Kier molecular flexibility index (Phi) is 16.0. The van der Waals surface area contributed by atoms with Crippen LogP contribution >= 0.6 is 24.0 Å². The highest BCUT2D eigenvalue weighted by molar-refractivity contribution is 14.0. The quantitative estimate of drug-likeness (QED) is 0.219. The van der Waals surface area contributed by atoms with Crippen LogP contribution in [0.5, 0.6) is 0 Å². The van der Waals surface area contributed by atoms with Crippen molar-refractivity contribution in [1.82, 2.24) is 16.0 Å². The number of ether oxygens (including phenoxy) is 1. The average molecular weight is 520 g/mol. The molecule has 0 saturated carbocycles. The maximum absolute atomic E-state index is 11.7. The van der Waals surface area contributed by atoms with Gasteiger partial charge in [-0.3, -0.25) is 4.99 Å². The van der Waals surface area contributed by atoms with Crippen molar-refractivity contribution in [2.75, 3.05) is 31.7 Å². The summed E-state index contributed by atoms with van der Waals surface area (Å²) in [6, 6.07) is -0.167. The van der Waals surface area contributed by atoms with Gasteiger partial charge in [0.1, 0.15) is 9.84 Å². The maximum atomic E-state index is 11.7. The summed E-state index contributed by atoms with van der Waals surface area (Å²) in [5, 5.41) is 9.19. The van der Waals surface area contributed by atoms with Gasteiger partial charge >= 0.3 is 6.09 Å². The first-order valence-electron chi connectivity index (χ1n) is 9.23. The molecule has 0 aromatic carbocycles. The molecular weight excluding hydrogens is 483 g/mol. The molecule has 2 unspecified atom stereocenters. The number of guanidine groups is 1. The van der Waals surface area contributed by atoms with E-state index in [0.717, 1.165) is 6.42 Å². The topological polar surface area (TPSA) is 109 Å². The number of aliphatic imine (C=N–C) groups is 1. The lowest BCUT2D eigenvalue weighted by Crippen LogP contribution is -2.44. The van der Waals surface area contributed by atoms with Crippen molar-refractivity contribution < 1.29 is 17.9 Å². The summed E-state index contributed by atoms with van der Waals surface area (Å²) in [6.07, 6.45) is 2.08. The van der Waals surface area contributed by atoms with Crippen molar-refractivity contribution in [3.63, 3.8) is 0 Å². The van der Waals surface area contributed by atoms with Crippen LogP contribution in [-0.2, 0) is 14.6 Å². The monoisotopic (exact) mass is 520 g/mol. The lowest BCUT2D eigenvalue weighted by Gasteiger charge is -2.21. The van der Waals surface area contributed by atoms with Gasteiger partial charge in [-0.25, -0.2) is 13.2 Å². The van der Waals surface area contributed by atoms with Crippen molar-refractivity contribution in [3.8, 4) is 0 Å². The highest BCUT2D eigenvalue weighted by Crippen LogP contribution is 2.06. The SMILES string of the molecule is CCNC(=NCC(CC(C)C)NC(=O)OCC)NC(C)CCS(C)(=O)=O.I. The molecule has 0 spiro atoms. The van der Waals surface area contributed by atoms with Gasteiger partial charge in [0, 0.05) is 18.8 Å². The second kappa shape index (κ2) is 15.2. The van der Waals surface area contributed by atoms with E-state index in [1.165, 1.54) is 6.26 Å². The number of nitrogens with zero attached hydrogens (tertiary/aromatic N) is 1. The molecule has 0 aliphatic carbocycles. The second-order valence-corrected chi connectivity index (χ2v) is 9.13. The van der Waals surface area contributed by atoms with E-state index in [4.69, 9.17) is 4.74 Å². The number of carbonyl (C=O) groups excluding carboxylic acids is 1. The Labute approximate surface area is 181 Å². The molecule has 0 aliphatic rings. The summed E-state index contributed by atoms with van der Waals surface area (Å²) in [6.45, 7) is 11.2. The minimum absolute atomic E-state index is 0. The number of sulfone groups is 1. The molecule has 27 heavy (non-hydrogen) atoms. The van der Waals surface area contributed by atoms with Gasteiger partial charge in [-0.05, 0) is 39.5 Å². The van der Waals surface area contributed by atoms with E-state index >= 15 is 0 Å². The number of nitrogens with one attached hydrogen (secondary N) is 3. The lowest BCUT2D eigenvalue weighted by molar-refractivity contribution is 0.147. The summed E-state index contributed by atoms with van der Waals surface area (Å²) < 4.78 is 27.5. The number of amides is 1. The number of alkyl carbamates (subject to hydrolysis) is 1. The van der Waals surface area contributed by atoms with Crippen LogP contribution in [0.25, 0.3) is 0 Å². The second-order valence-electron chi connectivity index (χ2n) is 6.87. The number of rotatable bonds is 11. The maximum Gasteiger partial charge on any atom is 0.407 e. The van der Waals surface area contributed by atoms with Crippen LogP contribution in [0.15, 0.2) is 4.99 Å². The summed E-state index contributed by atoms with van der Waals surface area (Å²) >= 11 is 0. The van der Waals surface area contributed by atoms with Crippen LogP contribution in [0.3, 0.4) is 0 Å². The first-order valence-corrected chi connectivity index (χ1v) is 11.3. The zero-order valence-electron chi connectivity index (χ0n) is 17.4. The first kappa shape index (κ1) is 28.4. The number of carbonyl (C=O) groups is 1. The van der Waals surface area contributed by atoms with E-state index in [0.29, 0.717) is 38.0 Å². The van der Waals surface area contributed by atoms with Gasteiger partial charge in [0.2, 0.25) is 0 Å². The minimum Gasteiger partial charge on any atom is -0.450 e. The smallest absolute Gasteiger partial charge is 0.407 e. The zero-order valence-corrected chi connectivity index (χ0v) is 20.5. The number of hydrogen-bond donors (Lipinski definition) is 3. The van der Waals surface area contributed by atoms with Gasteiger partial charge in [-0.15, -0.1) is 24.0 Å². The molecule has 0 heterocycles. The normalized spacial score (nSPS) is 14.1. The van der Waals surface area contributed by atoms with Gasteiger partial charge in [-0.2, -0.15) is 0 Å². The van der Waals surface area contributed by atoms with E-state index in [1.54, 1.807) is 6.92 Å². The number of hydrogen-bond acceptors (Lipinski definition) is 5. The summed E-state index contributed by atoms with van der Waals surface area (Å²) in [5.74, 6) is 1.13. The Morgan fingerprint density at radius 3 is 2.26 bits per heavy atom. The molecule has 0 bridgehead atoms. The van der Waals surface area contributed by atoms with Gasteiger partial charge < -0.3 is 20.7 Å². The van der Waals surface area contributed by atoms with Crippen LogP contribution in [0, 0.1) is 5.92 Å². The first-order chi connectivity index (χ1) is 12.1. The van der Waals surface area contributed by atoms with Crippen LogP contribution in [0.2, 0.25) is 0 Å². The third-order valence-electron chi connectivity index (χ3n) is 3.47. The molecule has 8 nitrogen and oxygen atoms in total. The third kappa shape index (κ3) is 17.1. The molecule has 2 atom stereocenters. The van der Waals surface area contributed by atoms with E-state index < -0.39 is 15.9 Å². The van der Waals surface area contributed by atoms with Crippen molar-refractivity contribution in [3.05, 3.63) is 0 Å². The van der Waals surface area contributed by atoms with Crippen LogP contribution in [-0.4, -0.2) is 64.3 Å². The Morgan fingerprint density at radius 1 is 1.15 bits per heavy atom. The number of halogens is 1. The van der Waals surface area contributed by atoms with E-state index in [9.17, 15) is 13.2 Å². The van der Waals surface area contributed by atoms with Gasteiger partial charge in [0.15, 0.2) is 5.96 Å². The van der Waals surface area contributed by atoms with Crippen LogP contribution < -0.4 is 16.0 Å². The van der Waals surface area contributed by atoms with Crippen molar-refractivity contribution >= 4 is 45.9 Å². The molecular formula is C17H37IN4O4S. The highest BCUT2D eigenvalue weighted by Gasteiger charge is 2.15. The Bertz CT molecular complexity index is 541. The summed E-state index contributed by atoms with van der Waals surface area (Å²) in [7, 11) is -2.99. The van der Waals surface area contributed by atoms with E-state index in [-0.39, 0.29) is 41.8 Å². The fourth-order valence-electron chi connectivity index (χ4n) is 2.31. The molecule has 0 aromatic heterocycles. The highest BCUT2D eigenvalue weighted by atomic mass is 127. The fraction of sp³-hybridized carbons (Fsp3) is 0.882. The predicted molar refractivity (Wildman–Crippen MR) is 122 cm³/mol. The predicted octanol–water partition coefficient (Wildman–Crippen LogP) is 2.14. The molecule has 0 aliphatic heterocycles. The molecule has 0 rings (SSSR count). The lowest BCUT2D eigenvalue weighted by atomic mass is 10.0. The molecule has 0 aromatic rings. The van der Waals surface area contributed by atoms with Crippen molar-refractivity contribution in [2.45, 2.75) is 59.5 Å². The van der Waals surface area contributed by atoms with Crippen molar-refractivity contribution in [2.24, 2.45) is 10.9 Å². The molecule has 0 fully saturated rings. The average Bonchev–Trinajstić information content (AvgIpc) is 2.49. The standard InChI is InChI=1S/C17H36N4O4S.HI/c1-7-18-16(20-14(5)9-10-26(6,23)24)19-12-15(11-13(3)4)21-17(22)25-8-2;/h13-15H,7-12H2,1-6H3,(H,21,22)(H2,18,19,20);1H. The fourth-order valence-corrected chi connectivity index (χ4v) is 3.09. The molecule has 0 saturated heterocycles. The molecule has 3 N–H and O–H groups in total. The molecule has 10 heteroatoms. The van der Waals surface area contributed by atoms with Gasteiger partial charge in [0.05, 0.1) is 24.9 Å². The Balaban J connectivity index is 0.